The van der Waals surface area contributed by atoms with Crippen LogP contribution in [0.25, 0.3) is 0 Å². The molecule has 3 heteroatoms. The van der Waals surface area contributed by atoms with Crippen LogP contribution in [-0.4, -0.2) is 35.5 Å². The molecule has 0 aromatic carbocycles. The summed E-state index contributed by atoms with van der Waals surface area (Å²) in [5.74, 6) is 0.790. The smallest absolute Gasteiger partial charge is 0.0445 e. The van der Waals surface area contributed by atoms with Crippen LogP contribution in [0.4, 0.5) is 0 Å². The summed E-state index contributed by atoms with van der Waals surface area (Å²) in [5.41, 5.74) is 0. The van der Waals surface area contributed by atoms with Gasteiger partial charge in [-0.15, -0.1) is 0 Å². The quantitative estimate of drug-likeness (QED) is 0.547. The van der Waals surface area contributed by atoms with Gasteiger partial charge >= 0.3 is 0 Å². The van der Waals surface area contributed by atoms with Gasteiger partial charge in [-0.25, -0.2) is 0 Å². The molecule has 0 bridgehead atoms. The molecule has 1 rings (SSSR count). The van der Waals surface area contributed by atoms with Crippen LogP contribution in [0.2, 0.25) is 0 Å². The molecule has 14 heavy (non-hydrogen) atoms. The molecule has 1 saturated carbocycles. The molecule has 0 saturated heterocycles. The second kappa shape index (κ2) is 6.38. The molecule has 0 radical (unpaired) electrons. The largest absolute Gasteiger partial charge is 0.396 e. The number of aliphatic hydroxyl groups is 2. The molecule has 0 aromatic heterocycles. The molecule has 0 aromatic rings. The summed E-state index contributed by atoms with van der Waals surface area (Å²) in [4.78, 5) is 0. The maximum Gasteiger partial charge on any atom is 0.0445 e. The third-order valence-electron chi connectivity index (χ3n) is 2.92. The molecule has 2 unspecified atom stereocenters. The average Bonchev–Trinajstić information content (AvgIpc) is 2.97. The van der Waals surface area contributed by atoms with Gasteiger partial charge in [0.25, 0.3) is 0 Å². The molecule has 1 aliphatic rings. The third-order valence-corrected chi connectivity index (χ3v) is 2.92. The Bertz CT molecular complexity index is 148. The molecular formula is C11H23NO2. The summed E-state index contributed by atoms with van der Waals surface area (Å²) < 4.78 is 0. The lowest BCUT2D eigenvalue weighted by atomic mass is 10.1. The zero-order valence-corrected chi connectivity index (χ0v) is 9.08. The topological polar surface area (TPSA) is 52.5 Å². The van der Waals surface area contributed by atoms with Crippen molar-refractivity contribution in [1.82, 2.24) is 5.32 Å². The first-order valence-corrected chi connectivity index (χ1v) is 5.75. The minimum absolute atomic E-state index is 0.278. The van der Waals surface area contributed by atoms with E-state index in [-0.39, 0.29) is 13.2 Å². The van der Waals surface area contributed by atoms with Crippen LogP contribution < -0.4 is 5.32 Å². The molecule has 0 amide bonds. The number of rotatable bonds is 8. The zero-order valence-electron chi connectivity index (χ0n) is 9.08. The highest BCUT2D eigenvalue weighted by atomic mass is 16.3. The Labute approximate surface area is 86.5 Å². The first-order chi connectivity index (χ1) is 6.77. The molecule has 1 aliphatic carbocycles. The van der Waals surface area contributed by atoms with Crippen LogP contribution in [0.15, 0.2) is 0 Å². The van der Waals surface area contributed by atoms with E-state index >= 15 is 0 Å². The Kier molecular flexibility index (Phi) is 5.45. The SMILES string of the molecule is CC(CCCO)NC(CCO)C1CC1. The van der Waals surface area contributed by atoms with Crippen LogP contribution in [0.1, 0.15) is 39.0 Å². The maximum absolute atomic E-state index is 8.92. The molecule has 0 aliphatic heterocycles. The van der Waals surface area contributed by atoms with Gasteiger partial charge in [0.05, 0.1) is 0 Å². The lowest BCUT2D eigenvalue weighted by molar-refractivity contribution is 0.240. The Hall–Kier alpha value is -0.120. The van der Waals surface area contributed by atoms with E-state index in [2.05, 4.69) is 12.2 Å². The second-order valence-electron chi connectivity index (χ2n) is 4.39. The molecule has 1 fully saturated rings. The lowest BCUT2D eigenvalue weighted by Gasteiger charge is -2.22. The monoisotopic (exact) mass is 201 g/mol. The third kappa shape index (κ3) is 4.40. The Morgan fingerprint density at radius 3 is 2.43 bits per heavy atom. The predicted octanol–water partition coefficient (Wildman–Crippen LogP) is 0.898. The highest BCUT2D eigenvalue weighted by molar-refractivity contribution is 4.87. The van der Waals surface area contributed by atoms with Gasteiger partial charge in [-0.3, -0.25) is 0 Å². The van der Waals surface area contributed by atoms with E-state index in [9.17, 15) is 0 Å². The van der Waals surface area contributed by atoms with E-state index in [1.165, 1.54) is 12.8 Å². The van der Waals surface area contributed by atoms with E-state index in [0.29, 0.717) is 12.1 Å². The van der Waals surface area contributed by atoms with Crippen molar-refractivity contribution in [3.63, 3.8) is 0 Å². The van der Waals surface area contributed by atoms with Crippen molar-refractivity contribution in [3.8, 4) is 0 Å². The van der Waals surface area contributed by atoms with Gasteiger partial charge in [-0.2, -0.15) is 0 Å². The summed E-state index contributed by atoms with van der Waals surface area (Å²) in [6.45, 7) is 2.71. The summed E-state index contributed by atoms with van der Waals surface area (Å²) in [6.07, 6.45) is 5.37. The van der Waals surface area contributed by atoms with E-state index < -0.39 is 0 Å². The van der Waals surface area contributed by atoms with Gasteiger partial charge in [0.2, 0.25) is 0 Å². The molecule has 84 valence electrons. The van der Waals surface area contributed by atoms with Gasteiger partial charge in [-0.05, 0) is 44.9 Å². The highest BCUT2D eigenvalue weighted by Gasteiger charge is 2.31. The van der Waals surface area contributed by atoms with E-state index in [4.69, 9.17) is 10.2 Å². The van der Waals surface area contributed by atoms with Crippen molar-refractivity contribution in [1.29, 1.82) is 0 Å². The van der Waals surface area contributed by atoms with Crippen LogP contribution in [-0.2, 0) is 0 Å². The molecule has 0 heterocycles. The highest BCUT2D eigenvalue weighted by Crippen LogP contribution is 2.34. The predicted molar refractivity (Wildman–Crippen MR) is 57.1 cm³/mol. The second-order valence-corrected chi connectivity index (χ2v) is 4.39. The van der Waals surface area contributed by atoms with Gasteiger partial charge in [0.1, 0.15) is 0 Å². The number of aliphatic hydroxyl groups excluding tert-OH is 2. The minimum atomic E-state index is 0.278. The average molecular weight is 201 g/mol. The molecular weight excluding hydrogens is 178 g/mol. The van der Waals surface area contributed by atoms with Crippen molar-refractivity contribution in [2.24, 2.45) is 5.92 Å². The first-order valence-electron chi connectivity index (χ1n) is 5.75. The van der Waals surface area contributed by atoms with Gasteiger partial charge in [0.15, 0.2) is 0 Å². The fourth-order valence-corrected chi connectivity index (χ4v) is 1.94. The number of nitrogens with one attached hydrogen (secondary N) is 1. The van der Waals surface area contributed by atoms with E-state index in [1.807, 2.05) is 0 Å². The van der Waals surface area contributed by atoms with Gasteiger partial charge in [-0.1, -0.05) is 0 Å². The van der Waals surface area contributed by atoms with Crippen molar-refractivity contribution in [3.05, 3.63) is 0 Å². The molecule has 3 nitrogen and oxygen atoms in total. The summed E-state index contributed by atoms with van der Waals surface area (Å²) >= 11 is 0. The number of hydrogen-bond acceptors (Lipinski definition) is 3. The van der Waals surface area contributed by atoms with Gasteiger partial charge < -0.3 is 15.5 Å². The fraction of sp³-hybridized carbons (Fsp3) is 1.00. The lowest BCUT2D eigenvalue weighted by Crippen LogP contribution is -2.38. The summed E-state index contributed by atoms with van der Waals surface area (Å²) in [5, 5.41) is 21.2. The van der Waals surface area contributed by atoms with Crippen molar-refractivity contribution in [2.75, 3.05) is 13.2 Å². The minimum Gasteiger partial charge on any atom is -0.396 e. The van der Waals surface area contributed by atoms with E-state index in [0.717, 1.165) is 25.2 Å². The van der Waals surface area contributed by atoms with E-state index in [1.54, 1.807) is 0 Å². The Morgan fingerprint density at radius 2 is 1.93 bits per heavy atom. The van der Waals surface area contributed by atoms with Crippen LogP contribution >= 0.6 is 0 Å². The van der Waals surface area contributed by atoms with Crippen LogP contribution in [0.3, 0.4) is 0 Å². The summed E-state index contributed by atoms with van der Waals surface area (Å²) in [6, 6.07) is 0.952. The maximum atomic E-state index is 8.92. The van der Waals surface area contributed by atoms with Crippen molar-refractivity contribution in [2.45, 2.75) is 51.1 Å². The van der Waals surface area contributed by atoms with Crippen LogP contribution in [0.5, 0.6) is 0 Å². The van der Waals surface area contributed by atoms with Crippen LogP contribution in [0, 0.1) is 5.92 Å². The van der Waals surface area contributed by atoms with Crippen molar-refractivity contribution < 1.29 is 10.2 Å². The summed E-state index contributed by atoms with van der Waals surface area (Å²) in [7, 11) is 0. The van der Waals surface area contributed by atoms with Gasteiger partial charge in [0, 0.05) is 25.3 Å². The standard InChI is InChI=1S/C11H23NO2/c1-9(3-2-7-13)12-11(6-8-14)10-4-5-10/h9-14H,2-8H2,1H3. The fourth-order valence-electron chi connectivity index (χ4n) is 1.94. The zero-order chi connectivity index (χ0) is 10.4. The molecule has 0 spiro atoms. The Morgan fingerprint density at radius 1 is 1.21 bits per heavy atom. The Balaban J connectivity index is 2.16. The van der Waals surface area contributed by atoms with Crippen molar-refractivity contribution >= 4 is 0 Å². The molecule has 3 N–H and O–H groups in total. The first kappa shape index (κ1) is 12.0. The molecule has 2 atom stereocenters. The normalized spacial score (nSPS) is 20.8. The number of hydrogen-bond donors (Lipinski definition) is 3.